The molecule has 0 saturated heterocycles. The van der Waals surface area contributed by atoms with E-state index < -0.39 is 6.04 Å². The highest BCUT2D eigenvalue weighted by Gasteiger charge is 2.18. The Morgan fingerprint density at radius 2 is 1.53 bits per heavy atom. The van der Waals surface area contributed by atoms with Crippen molar-refractivity contribution < 1.29 is 14.3 Å². The lowest BCUT2D eigenvalue weighted by atomic mass is 10.1. The highest BCUT2D eigenvalue weighted by atomic mass is 16.5. The van der Waals surface area contributed by atoms with Gasteiger partial charge in [0.05, 0.1) is 12.3 Å². The van der Waals surface area contributed by atoms with Crippen molar-refractivity contribution in [1.82, 2.24) is 9.78 Å². The molecule has 0 aliphatic heterocycles. The quantitative estimate of drug-likeness (QED) is 0.390. The van der Waals surface area contributed by atoms with Gasteiger partial charge in [-0.3, -0.25) is 9.59 Å². The SMILES string of the molecule is CCOc1ccc(-c2ccc(=O)n(C(C)C(=O)Nc3ccc(Oc4ccccc4)cc3)n2)cc1. The van der Waals surface area contributed by atoms with E-state index in [1.807, 2.05) is 61.5 Å². The van der Waals surface area contributed by atoms with Crippen molar-refractivity contribution in [3.63, 3.8) is 0 Å². The minimum Gasteiger partial charge on any atom is -0.494 e. The van der Waals surface area contributed by atoms with Crippen molar-refractivity contribution >= 4 is 11.6 Å². The summed E-state index contributed by atoms with van der Waals surface area (Å²) in [6.07, 6.45) is 0. The van der Waals surface area contributed by atoms with E-state index in [-0.39, 0.29) is 11.5 Å². The molecule has 1 amide bonds. The number of nitrogens with zero attached hydrogens (tertiary/aromatic N) is 2. The molecule has 1 N–H and O–H groups in total. The van der Waals surface area contributed by atoms with Crippen LogP contribution in [0.5, 0.6) is 17.2 Å². The minimum absolute atomic E-state index is 0.352. The Hall–Kier alpha value is -4.39. The van der Waals surface area contributed by atoms with Gasteiger partial charge in [0.15, 0.2) is 0 Å². The number of ether oxygens (including phenoxy) is 2. The first kappa shape index (κ1) is 22.8. The molecular weight excluding hydrogens is 430 g/mol. The number of para-hydroxylation sites is 1. The monoisotopic (exact) mass is 455 g/mol. The third-order valence-electron chi connectivity index (χ3n) is 5.13. The lowest BCUT2D eigenvalue weighted by Gasteiger charge is -2.15. The number of amides is 1. The van der Waals surface area contributed by atoms with Gasteiger partial charge in [0, 0.05) is 17.3 Å². The predicted molar refractivity (Wildman–Crippen MR) is 131 cm³/mol. The molecule has 0 bridgehead atoms. The molecule has 1 aromatic heterocycles. The number of nitrogens with one attached hydrogen (secondary N) is 1. The zero-order chi connectivity index (χ0) is 23.9. The molecule has 0 aliphatic rings. The van der Waals surface area contributed by atoms with E-state index in [9.17, 15) is 9.59 Å². The van der Waals surface area contributed by atoms with Crippen molar-refractivity contribution in [2.24, 2.45) is 0 Å². The van der Waals surface area contributed by atoms with Crippen LogP contribution in [0.1, 0.15) is 19.9 Å². The minimum atomic E-state index is -0.810. The maximum absolute atomic E-state index is 12.8. The van der Waals surface area contributed by atoms with Gasteiger partial charge in [0.2, 0.25) is 5.91 Å². The first-order valence-electron chi connectivity index (χ1n) is 11.0. The highest BCUT2D eigenvalue weighted by molar-refractivity contribution is 5.93. The third kappa shape index (κ3) is 5.50. The van der Waals surface area contributed by atoms with Gasteiger partial charge in [-0.15, -0.1) is 0 Å². The summed E-state index contributed by atoms with van der Waals surface area (Å²) in [5, 5.41) is 7.25. The second-order valence-electron chi connectivity index (χ2n) is 7.56. The fourth-order valence-electron chi connectivity index (χ4n) is 3.33. The number of benzene rings is 3. The number of carbonyl (C=O) groups excluding carboxylic acids is 1. The topological polar surface area (TPSA) is 82.5 Å². The molecule has 0 fully saturated rings. The molecule has 0 spiro atoms. The van der Waals surface area contributed by atoms with E-state index in [0.717, 1.165) is 17.1 Å². The molecule has 34 heavy (non-hydrogen) atoms. The standard InChI is InChI=1S/C27H25N3O4/c1-3-33-22-13-9-20(10-14-22)25-17-18-26(31)30(29-25)19(2)27(32)28-21-11-15-24(16-12-21)34-23-7-5-4-6-8-23/h4-19H,3H2,1-2H3,(H,28,32). The van der Waals surface area contributed by atoms with Crippen molar-refractivity contribution in [1.29, 1.82) is 0 Å². The third-order valence-corrected chi connectivity index (χ3v) is 5.13. The molecule has 0 aliphatic carbocycles. The first-order valence-corrected chi connectivity index (χ1v) is 11.0. The van der Waals surface area contributed by atoms with Gasteiger partial charge in [0.1, 0.15) is 23.3 Å². The molecule has 0 radical (unpaired) electrons. The Labute approximate surface area is 197 Å². The number of hydrogen-bond donors (Lipinski definition) is 1. The van der Waals surface area contributed by atoms with Crippen molar-refractivity contribution in [2.45, 2.75) is 19.9 Å². The maximum Gasteiger partial charge on any atom is 0.267 e. The summed E-state index contributed by atoms with van der Waals surface area (Å²) in [5.74, 6) is 1.78. The normalized spacial score (nSPS) is 11.5. The second kappa shape index (κ2) is 10.5. The molecule has 1 unspecified atom stereocenters. The average molecular weight is 456 g/mol. The van der Waals surface area contributed by atoms with Crippen LogP contribution in [0.3, 0.4) is 0 Å². The van der Waals surface area contributed by atoms with Gasteiger partial charge < -0.3 is 14.8 Å². The maximum atomic E-state index is 12.8. The van der Waals surface area contributed by atoms with Crippen LogP contribution in [0.15, 0.2) is 95.8 Å². The van der Waals surface area contributed by atoms with Crippen LogP contribution >= 0.6 is 0 Å². The zero-order valence-electron chi connectivity index (χ0n) is 19.0. The molecule has 3 aromatic carbocycles. The lowest BCUT2D eigenvalue weighted by Crippen LogP contribution is -2.33. The van der Waals surface area contributed by atoms with Crippen LogP contribution in [-0.4, -0.2) is 22.3 Å². The van der Waals surface area contributed by atoms with E-state index in [1.165, 1.54) is 10.7 Å². The average Bonchev–Trinajstić information content (AvgIpc) is 2.86. The Morgan fingerprint density at radius 3 is 2.21 bits per heavy atom. The smallest absolute Gasteiger partial charge is 0.267 e. The van der Waals surface area contributed by atoms with Crippen LogP contribution in [-0.2, 0) is 4.79 Å². The highest BCUT2D eigenvalue weighted by Crippen LogP contribution is 2.23. The fourth-order valence-corrected chi connectivity index (χ4v) is 3.33. The molecular formula is C27H25N3O4. The largest absolute Gasteiger partial charge is 0.494 e. The summed E-state index contributed by atoms with van der Waals surface area (Å²) in [6.45, 7) is 4.14. The molecule has 172 valence electrons. The number of anilines is 1. The van der Waals surface area contributed by atoms with E-state index in [4.69, 9.17) is 9.47 Å². The van der Waals surface area contributed by atoms with Gasteiger partial charge in [-0.05, 0) is 80.6 Å². The lowest BCUT2D eigenvalue weighted by molar-refractivity contribution is -0.119. The predicted octanol–water partition coefficient (Wildman–Crippen LogP) is 5.30. The Balaban J connectivity index is 1.46. The van der Waals surface area contributed by atoms with Crippen molar-refractivity contribution in [3.05, 3.63) is 101 Å². The molecule has 4 aromatic rings. The summed E-state index contributed by atoms with van der Waals surface area (Å²) in [7, 11) is 0. The summed E-state index contributed by atoms with van der Waals surface area (Å²) in [4.78, 5) is 25.3. The van der Waals surface area contributed by atoms with Gasteiger partial charge in [0.25, 0.3) is 5.56 Å². The van der Waals surface area contributed by atoms with Gasteiger partial charge >= 0.3 is 0 Å². The molecule has 1 atom stereocenters. The first-order chi connectivity index (χ1) is 16.5. The summed E-state index contributed by atoms with van der Waals surface area (Å²) in [6, 6.07) is 26.1. The summed E-state index contributed by atoms with van der Waals surface area (Å²) in [5.41, 5.74) is 1.64. The Bertz CT molecular complexity index is 1300. The van der Waals surface area contributed by atoms with Gasteiger partial charge in [-0.25, -0.2) is 4.68 Å². The van der Waals surface area contributed by atoms with Crippen LogP contribution in [0.2, 0.25) is 0 Å². The van der Waals surface area contributed by atoms with Crippen molar-refractivity contribution in [2.75, 3.05) is 11.9 Å². The van der Waals surface area contributed by atoms with Gasteiger partial charge in [-0.1, -0.05) is 18.2 Å². The van der Waals surface area contributed by atoms with Crippen LogP contribution < -0.4 is 20.3 Å². The number of aromatic nitrogens is 2. The molecule has 0 saturated carbocycles. The molecule has 1 heterocycles. The number of carbonyl (C=O) groups is 1. The van der Waals surface area contributed by atoms with Crippen LogP contribution in [0.4, 0.5) is 5.69 Å². The Morgan fingerprint density at radius 1 is 0.882 bits per heavy atom. The van der Waals surface area contributed by atoms with E-state index in [0.29, 0.717) is 23.7 Å². The molecule has 7 heteroatoms. The Kier molecular flexibility index (Phi) is 7.03. The summed E-state index contributed by atoms with van der Waals surface area (Å²) < 4.78 is 12.4. The molecule has 7 nitrogen and oxygen atoms in total. The number of hydrogen-bond acceptors (Lipinski definition) is 5. The van der Waals surface area contributed by atoms with Gasteiger partial charge in [-0.2, -0.15) is 5.10 Å². The van der Waals surface area contributed by atoms with E-state index >= 15 is 0 Å². The van der Waals surface area contributed by atoms with Crippen LogP contribution in [0, 0.1) is 0 Å². The fraction of sp³-hybridized carbons (Fsp3) is 0.148. The van der Waals surface area contributed by atoms with E-state index in [1.54, 1.807) is 37.3 Å². The second-order valence-corrected chi connectivity index (χ2v) is 7.56. The van der Waals surface area contributed by atoms with Crippen molar-refractivity contribution in [3.8, 4) is 28.5 Å². The molecule has 4 rings (SSSR count). The number of rotatable bonds is 8. The zero-order valence-corrected chi connectivity index (χ0v) is 19.0. The van der Waals surface area contributed by atoms with E-state index in [2.05, 4.69) is 10.4 Å². The summed E-state index contributed by atoms with van der Waals surface area (Å²) >= 11 is 0. The van der Waals surface area contributed by atoms with Crippen LogP contribution in [0.25, 0.3) is 11.3 Å².